The molecule has 246 valence electrons. The van der Waals surface area contributed by atoms with E-state index in [2.05, 4.69) is 40.1 Å². The Balaban J connectivity index is 1.24. The van der Waals surface area contributed by atoms with Gasteiger partial charge in [-0.1, -0.05) is 35.9 Å². The second-order valence-electron chi connectivity index (χ2n) is 12.9. The van der Waals surface area contributed by atoms with Crippen molar-refractivity contribution in [1.29, 1.82) is 5.41 Å². The molecule has 0 bridgehead atoms. The molecule has 9 nitrogen and oxygen atoms in total. The van der Waals surface area contributed by atoms with E-state index in [-0.39, 0.29) is 23.5 Å². The normalized spacial score (nSPS) is 15.6. The summed E-state index contributed by atoms with van der Waals surface area (Å²) in [4.78, 5) is 18.3. The number of rotatable bonds is 5. The molecule has 0 unspecified atom stereocenters. The molecule has 10 heteroatoms. The zero-order valence-electron chi connectivity index (χ0n) is 27.3. The van der Waals surface area contributed by atoms with Gasteiger partial charge in [0.05, 0.1) is 11.7 Å². The van der Waals surface area contributed by atoms with Crippen LogP contribution in [0.4, 0.5) is 11.4 Å². The van der Waals surface area contributed by atoms with E-state index in [1.165, 1.54) is 11.1 Å². The summed E-state index contributed by atoms with van der Waals surface area (Å²) in [6.07, 6.45) is 2.62. The van der Waals surface area contributed by atoms with Crippen molar-refractivity contribution in [1.82, 2.24) is 24.6 Å². The number of phenolic OH excluding ortho intramolecular Hbond substituents is 1. The first-order chi connectivity index (χ1) is 23.8. The Bertz CT molecular complexity index is 2250. The molecule has 8 rings (SSSR count). The van der Waals surface area contributed by atoms with E-state index in [0.29, 0.717) is 30.2 Å². The van der Waals surface area contributed by atoms with E-state index in [1.54, 1.807) is 18.2 Å². The molecule has 49 heavy (non-hydrogen) atoms. The van der Waals surface area contributed by atoms with Crippen LogP contribution in [-0.2, 0) is 33.1 Å². The van der Waals surface area contributed by atoms with Crippen molar-refractivity contribution >= 4 is 45.6 Å². The van der Waals surface area contributed by atoms with Crippen molar-refractivity contribution in [2.24, 2.45) is 7.05 Å². The predicted octanol–water partition coefficient (Wildman–Crippen LogP) is 7.25. The van der Waals surface area contributed by atoms with Crippen molar-refractivity contribution in [2.75, 3.05) is 11.4 Å². The van der Waals surface area contributed by atoms with Gasteiger partial charge in [0, 0.05) is 89.1 Å². The molecule has 1 amide bonds. The highest BCUT2D eigenvalue weighted by atomic mass is 35.5. The fourth-order valence-electron chi connectivity index (χ4n) is 7.30. The van der Waals surface area contributed by atoms with E-state index < -0.39 is 0 Å². The average molecular weight is 670 g/mol. The SMILES string of the molecule is C[C@@H]1Cc2ccccc2CN1C(=O)c1ccc(Cl)cc1-c1cc(C(=N)N(c2ccc(O)cc2)c2ccc3c(cnn3C)c2)c2n1CCNC2. The zero-order valence-corrected chi connectivity index (χ0v) is 28.1. The number of amidine groups is 1. The fourth-order valence-corrected chi connectivity index (χ4v) is 7.47. The first-order valence-electron chi connectivity index (χ1n) is 16.5. The summed E-state index contributed by atoms with van der Waals surface area (Å²) in [5, 5.41) is 29.3. The summed E-state index contributed by atoms with van der Waals surface area (Å²) < 4.78 is 4.04. The van der Waals surface area contributed by atoms with Gasteiger partial charge in [-0.25, -0.2) is 0 Å². The smallest absolute Gasteiger partial charge is 0.255 e. The van der Waals surface area contributed by atoms with E-state index in [0.717, 1.165) is 57.8 Å². The predicted molar refractivity (Wildman–Crippen MR) is 194 cm³/mol. The van der Waals surface area contributed by atoms with Gasteiger partial charge in [0.15, 0.2) is 0 Å². The second kappa shape index (κ2) is 12.3. The van der Waals surface area contributed by atoms with Gasteiger partial charge in [-0.05, 0) is 91.2 Å². The lowest BCUT2D eigenvalue weighted by Gasteiger charge is -2.35. The van der Waals surface area contributed by atoms with Crippen LogP contribution in [0.3, 0.4) is 0 Å². The van der Waals surface area contributed by atoms with Gasteiger partial charge in [-0.15, -0.1) is 0 Å². The number of anilines is 2. The first kappa shape index (κ1) is 30.9. The quantitative estimate of drug-likeness (QED) is 0.133. The summed E-state index contributed by atoms with van der Waals surface area (Å²) in [6, 6.07) is 28.8. The van der Waals surface area contributed by atoms with Crippen LogP contribution in [0.5, 0.6) is 5.75 Å². The van der Waals surface area contributed by atoms with Gasteiger partial charge in [-0.3, -0.25) is 19.8 Å². The maximum atomic E-state index is 14.4. The van der Waals surface area contributed by atoms with Gasteiger partial charge in [0.2, 0.25) is 0 Å². The number of nitrogens with one attached hydrogen (secondary N) is 2. The van der Waals surface area contributed by atoms with Crippen molar-refractivity contribution in [3.63, 3.8) is 0 Å². The Labute approximate surface area is 289 Å². The number of nitrogens with zero attached hydrogens (tertiary/aromatic N) is 5. The molecule has 3 N–H and O–H groups in total. The number of carbonyl (C=O) groups excluding carboxylic acids is 1. The number of aryl methyl sites for hydroxylation is 1. The Morgan fingerprint density at radius 3 is 2.57 bits per heavy atom. The van der Waals surface area contributed by atoms with E-state index in [1.807, 2.05) is 82.3 Å². The number of halogens is 1. The summed E-state index contributed by atoms with van der Waals surface area (Å²) in [6.45, 7) is 4.64. The molecular weight excluding hydrogens is 634 g/mol. The number of carbonyl (C=O) groups is 1. The van der Waals surface area contributed by atoms with E-state index in [4.69, 9.17) is 11.6 Å². The van der Waals surface area contributed by atoms with E-state index in [9.17, 15) is 15.3 Å². The van der Waals surface area contributed by atoms with Crippen molar-refractivity contribution < 1.29 is 9.90 Å². The molecule has 0 aliphatic carbocycles. The molecule has 0 saturated carbocycles. The molecule has 0 spiro atoms. The van der Waals surface area contributed by atoms with Crippen molar-refractivity contribution in [3.05, 3.63) is 130 Å². The third-order valence-corrected chi connectivity index (χ3v) is 10.1. The van der Waals surface area contributed by atoms with Gasteiger partial charge in [-0.2, -0.15) is 5.10 Å². The number of amides is 1. The summed E-state index contributed by atoms with van der Waals surface area (Å²) in [7, 11) is 1.91. The van der Waals surface area contributed by atoms with Crippen molar-refractivity contribution in [2.45, 2.75) is 39.0 Å². The molecule has 0 fully saturated rings. The van der Waals surface area contributed by atoms with Gasteiger partial charge >= 0.3 is 0 Å². The van der Waals surface area contributed by atoms with Crippen LogP contribution in [0, 0.1) is 5.41 Å². The first-order valence-corrected chi connectivity index (χ1v) is 16.9. The van der Waals surface area contributed by atoms with E-state index >= 15 is 0 Å². The molecule has 2 aliphatic rings. The number of fused-ring (bicyclic) bond motifs is 3. The standard InChI is InChI=1S/C39H36ClN7O2/c1-24-17-25-5-3-4-6-26(25)23-46(24)39(49)32-13-7-28(40)19-33(32)36-20-34(37-22-42-15-16-45(36)37)38(41)47(29-8-11-31(48)12-9-29)30-10-14-35-27(18-30)21-43-44(35)2/h3-14,18-21,24,41-42,48H,15-17,22-23H2,1-2H3/t24-/m1/s1. The number of aromatic nitrogens is 3. The molecule has 1 atom stereocenters. The Kier molecular flexibility index (Phi) is 7.73. The molecule has 0 radical (unpaired) electrons. The van der Waals surface area contributed by atoms with Crippen molar-refractivity contribution in [3.8, 4) is 17.0 Å². The second-order valence-corrected chi connectivity index (χ2v) is 13.3. The average Bonchev–Trinajstić information content (AvgIpc) is 3.69. The minimum Gasteiger partial charge on any atom is -0.508 e. The Hall–Kier alpha value is -5.38. The van der Waals surface area contributed by atoms with Crippen LogP contribution < -0.4 is 10.2 Å². The van der Waals surface area contributed by atoms with Gasteiger partial charge in [0.1, 0.15) is 11.6 Å². The number of hydrogen-bond donors (Lipinski definition) is 3. The molecule has 2 aliphatic heterocycles. The summed E-state index contributed by atoms with van der Waals surface area (Å²) >= 11 is 6.65. The molecule has 4 aromatic carbocycles. The van der Waals surface area contributed by atoms with Crippen LogP contribution in [-0.4, -0.2) is 48.7 Å². The maximum Gasteiger partial charge on any atom is 0.255 e. The van der Waals surface area contributed by atoms with Crippen LogP contribution in [0.1, 0.15) is 39.7 Å². The third kappa shape index (κ3) is 5.45. The number of hydrogen-bond acceptors (Lipinski definition) is 5. The minimum absolute atomic E-state index is 0.0368. The molecule has 4 heterocycles. The van der Waals surface area contributed by atoms with Crippen LogP contribution >= 0.6 is 11.6 Å². The molecule has 0 saturated heterocycles. The zero-order chi connectivity index (χ0) is 33.8. The molecular formula is C39H36ClN7O2. The fraction of sp³-hybridized carbons (Fsp3) is 0.205. The van der Waals surface area contributed by atoms with Crippen LogP contribution in [0.25, 0.3) is 22.2 Å². The highest BCUT2D eigenvalue weighted by Gasteiger charge is 2.32. The lowest BCUT2D eigenvalue weighted by atomic mass is 9.93. The number of phenols is 1. The Morgan fingerprint density at radius 1 is 0.980 bits per heavy atom. The Morgan fingerprint density at radius 2 is 1.76 bits per heavy atom. The topological polar surface area (TPSA) is 102 Å². The monoisotopic (exact) mass is 669 g/mol. The minimum atomic E-state index is -0.0368. The van der Waals surface area contributed by atoms with Crippen LogP contribution in [0.2, 0.25) is 5.02 Å². The summed E-state index contributed by atoms with van der Waals surface area (Å²) in [5.41, 5.74) is 8.84. The van der Waals surface area contributed by atoms with Crippen LogP contribution in [0.15, 0.2) is 97.2 Å². The highest BCUT2D eigenvalue weighted by molar-refractivity contribution is 6.31. The number of aromatic hydroxyl groups is 1. The highest BCUT2D eigenvalue weighted by Crippen LogP contribution is 2.37. The largest absolute Gasteiger partial charge is 0.508 e. The maximum absolute atomic E-state index is 14.4. The summed E-state index contributed by atoms with van der Waals surface area (Å²) in [5.74, 6) is 0.379. The number of benzene rings is 4. The third-order valence-electron chi connectivity index (χ3n) is 9.84. The lowest BCUT2D eigenvalue weighted by molar-refractivity contribution is 0.0659. The lowest BCUT2D eigenvalue weighted by Crippen LogP contribution is -2.42. The van der Waals surface area contributed by atoms with Gasteiger partial charge < -0.3 is 19.9 Å². The molecule has 2 aromatic heterocycles. The molecule has 6 aromatic rings. The van der Waals surface area contributed by atoms with Gasteiger partial charge in [0.25, 0.3) is 5.91 Å².